The van der Waals surface area contributed by atoms with Crippen LogP contribution in [0.3, 0.4) is 0 Å². The molecule has 0 aliphatic heterocycles. The van der Waals surface area contributed by atoms with Gasteiger partial charge in [-0.1, -0.05) is 36.4 Å². The number of carbonyl (C=O) groups excluding carboxylic acids is 1. The summed E-state index contributed by atoms with van der Waals surface area (Å²) in [5.41, 5.74) is 0.901. The standard InChI is InChI=1S/C17H15F2NO/c18-15-7-4-8-16(19)14(15)11-12-20-17(21)10-9-13-5-2-1-3-6-13/h1-10H,11-12H2,(H,20,21). The molecule has 2 rings (SSSR count). The Balaban J connectivity index is 1.84. The lowest BCUT2D eigenvalue weighted by Gasteiger charge is -2.05. The van der Waals surface area contributed by atoms with Crippen molar-refractivity contribution in [3.8, 4) is 0 Å². The summed E-state index contributed by atoms with van der Waals surface area (Å²) < 4.78 is 26.8. The molecule has 21 heavy (non-hydrogen) atoms. The number of nitrogens with one attached hydrogen (secondary N) is 1. The molecule has 4 heteroatoms. The van der Waals surface area contributed by atoms with Crippen molar-refractivity contribution in [2.75, 3.05) is 6.54 Å². The number of halogens is 2. The Bertz CT molecular complexity index is 618. The minimum atomic E-state index is -0.593. The molecule has 0 bridgehead atoms. The molecule has 0 spiro atoms. The number of hydrogen-bond donors (Lipinski definition) is 1. The number of rotatable bonds is 5. The number of benzene rings is 2. The van der Waals surface area contributed by atoms with Crippen molar-refractivity contribution >= 4 is 12.0 Å². The quantitative estimate of drug-likeness (QED) is 0.840. The third-order valence-corrected chi connectivity index (χ3v) is 2.96. The largest absolute Gasteiger partial charge is 0.352 e. The van der Waals surface area contributed by atoms with Crippen LogP contribution in [-0.2, 0) is 11.2 Å². The maximum atomic E-state index is 13.4. The second-order valence-electron chi connectivity index (χ2n) is 4.49. The molecule has 0 aliphatic rings. The molecule has 2 aromatic carbocycles. The van der Waals surface area contributed by atoms with E-state index >= 15 is 0 Å². The summed E-state index contributed by atoms with van der Waals surface area (Å²) in [5.74, 6) is -1.48. The van der Waals surface area contributed by atoms with Gasteiger partial charge in [-0.3, -0.25) is 4.79 Å². The molecule has 2 nitrogen and oxygen atoms in total. The molecule has 0 fully saturated rings. The summed E-state index contributed by atoms with van der Waals surface area (Å²) in [6.45, 7) is 0.176. The third kappa shape index (κ3) is 4.53. The van der Waals surface area contributed by atoms with Gasteiger partial charge in [0.1, 0.15) is 11.6 Å². The molecule has 0 saturated carbocycles. The molecule has 0 aromatic heterocycles. The average molecular weight is 287 g/mol. The van der Waals surface area contributed by atoms with Crippen LogP contribution >= 0.6 is 0 Å². The molecule has 1 amide bonds. The number of carbonyl (C=O) groups is 1. The maximum Gasteiger partial charge on any atom is 0.244 e. The lowest BCUT2D eigenvalue weighted by Crippen LogP contribution is -2.24. The van der Waals surface area contributed by atoms with E-state index in [9.17, 15) is 13.6 Å². The van der Waals surface area contributed by atoms with Crippen molar-refractivity contribution in [1.29, 1.82) is 0 Å². The summed E-state index contributed by atoms with van der Waals surface area (Å²) in [6, 6.07) is 13.1. The van der Waals surface area contributed by atoms with Crippen LogP contribution in [0, 0.1) is 11.6 Å². The van der Waals surface area contributed by atoms with E-state index in [1.54, 1.807) is 6.08 Å². The minimum Gasteiger partial charge on any atom is -0.352 e. The molecule has 0 aliphatic carbocycles. The highest BCUT2D eigenvalue weighted by atomic mass is 19.1. The SMILES string of the molecule is O=C(C=Cc1ccccc1)NCCc1c(F)cccc1F. The van der Waals surface area contributed by atoms with Crippen molar-refractivity contribution in [3.05, 3.63) is 77.4 Å². The van der Waals surface area contributed by atoms with Crippen LogP contribution in [0.4, 0.5) is 8.78 Å². The first-order valence-electron chi connectivity index (χ1n) is 6.60. The molecule has 2 aromatic rings. The van der Waals surface area contributed by atoms with Crippen LogP contribution in [0.25, 0.3) is 6.08 Å². The lowest BCUT2D eigenvalue weighted by atomic mass is 10.1. The Morgan fingerprint density at radius 3 is 2.33 bits per heavy atom. The predicted molar refractivity (Wildman–Crippen MR) is 78.5 cm³/mol. The monoisotopic (exact) mass is 287 g/mol. The number of hydrogen-bond acceptors (Lipinski definition) is 1. The molecule has 0 atom stereocenters. The Labute approximate surface area is 122 Å². The van der Waals surface area contributed by atoms with E-state index in [0.29, 0.717) is 0 Å². The van der Waals surface area contributed by atoms with E-state index in [1.807, 2.05) is 30.3 Å². The van der Waals surface area contributed by atoms with Gasteiger partial charge >= 0.3 is 0 Å². The first kappa shape index (κ1) is 14.9. The number of amides is 1. The predicted octanol–water partition coefficient (Wildman–Crippen LogP) is 3.34. The Morgan fingerprint density at radius 1 is 1.00 bits per heavy atom. The topological polar surface area (TPSA) is 29.1 Å². The van der Waals surface area contributed by atoms with Gasteiger partial charge in [0.25, 0.3) is 0 Å². The van der Waals surface area contributed by atoms with Gasteiger partial charge in [-0.05, 0) is 30.2 Å². The van der Waals surface area contributed by atoms with Crippen LogP contribution in [0.15, 0.2) is 54.6 Å². The fourth-order valence-electron chi connectivity index (χ4n) is 1.88. The van der Waals surface area contributed by atoms with Gasteiger partial charge in [0, 0.05) is 18.2 Å². The maximum absolute atomic E-state index is 13.4. The molecule has 0 radical (unpaired) electrons. The molecule has 0 saturated heterocycles. The van der Waals surface area contributed by atoms with E-state index < -0.39 is 11.6 Å². The van der Waals surface area contributed by atoms with Gasteiger partial charge in [0.2, 0.25) is 5.91 Å². The highest BCUT2D eigenvalue weighted by Gasteiger charge is 2.07. The van der Waals surface area contributed by atoms with Crippen molar-refractivity contribution in [2.24, 2.45) is 0 Å². The smallest absolute Gasteiger partial charge is 0.244 e. The highest BCUT2D eigenvalue weighted by molar-refractivity contribution is 5.91. The Kier molecular flexibility index (Phi) is 5.21. The second-order valence-corrected chi connectivity index (χ2v) is 4.49. The lowest BCUT2D eigenvalue weighted by molar-refractivity contribution is -0.116. The van der Waals surface area contributed by atoms with Crippen molar-refractivity contribution in [3.63, 3.8) is 0 Å². The van der Waals surface area contributed by atoms with Crippen LogP contribution in [-0.4, -0.2) is 12.5 Å². The van der Waals surface area contributed by atoms with E-state index in [2.05, 4.69) is 5.32 Å². The summed E-state index contributed by atoms with van der Waals surface area (Å²) in [4.78, 5) is 11.6. The van der Waals surface area contributed by atoms with Gasteiger partial charge in [0.05, 0.1) is 0 Å². The first-order valence-corrected chi connectivity index (χ1v) is 6.60. The molecule has 0 heterocycles. The van der Waals surface area contributed by atoms with Crippen LogP contribution in [0.2, 0.25) is 0 Å². The molecular weight excluding hydrogens is 272 g/mol. The van der Waals surface area contributed by atoms with Crippen molar-refractivity contribution < 1.29 is 13.6 Å². The zero-order valence-electron chi connectivity index (χ0n) is 11.4. The van der Waals surface area contributed by atoms with E-state index in [4.69, 9.17) is 0 Å². The summed E-state index contributed by atoms with van der Waals surface area (Å²) >= 11 is 0. The molecular formula is C17H15F2NO. The van der Waals surface area contributed by atoms with E-state index in [0.717, 1.165) is 5.56 Å². The zero-order chi connectivity index (χ0) is 15.1. The molecule has 0 unspecified atom stereocenters. The first-order chi connectivity index (χ1) is 10.2. The van der Waals surface area contributed by atoms with Gasteiger partial charge in [-0.2, -0.15) is 0 Å². The zero-order valence-corrected chi connectivity index (χ0v) is 11.4. The summed E-state index contributed by atoms with van der Waals surface area (Å²) in [7, 11) is 0. The normalized spacial score (nSPS) is 10.8. The Hall–Kier alpha value is -2.49. The Morgan fingerprint density at radius 2 is 1.67 bits per heavy atom. The molecule has 108 valence electrons. The van der Waals surface area contributed by atoms with Gasteiger partial charge < -0.3 is 5.32 Å². The van der Waals surface area contributed by atoms with E-state index in [1.165, 1.54) is 24.3 Å². The van der Waals surface area contributed by atoms with Crippen LogP contribution in [0.1, 0.15) is 11.1 Å². The van der Waals surface area contributed by atoms with Gasteiger partial charge in [0.15, 0.2) is 0 Å². The van der Waals surface area contributed by atoms with Crippen molar-refractivity contribution in [2.45, 2.75) is 6.42 Å². The highest BCUT2D eigenvalue weighted by Crippen LogP contribution is 2.12. The fraction of sp³-hybridized carbons (Fsp3) is 0.118. The van der Waals surface area contributed by atoms with Crippen molar-refractivity contribution in [1.82, 2.24) is 5.32 Å². The average Bonchev–Trinajstić information content (AvgIpc) is 2.49. The molecule has 1 N–H and O–H groups in total. The van der Waals surface area contributed by atoms with E-state index in [-0.39, 0.29) is 24.4 Å². The third-order valence-electron chi connectivity index (χ3n) is 2.96. The van der Waals surface area contributed by atoms with Crippen LogP contribution in [0.5, 0.6) is 0 Å². The summed E-state index contributed by atoms with van der Waals surface area (Å²) in [5, 5.41) is 2.60. The fourth-order valence-corrected chi connectivity index (χ4v) is 1.88. The second kappa shape index (κ2) is 7.33. The van der Waals surface area contributed by atoms with Crippen LogP contribution < -0.4 is 5.32 Å². The van der Waals surface area contributed by atoms with Gasteiger partial charge in [-0.15, -0.1) is 0 Å². The summed E-state index contributed by atoms with van der Waals surface area (Å²) in [6.07, 6.45) is 3.19. The van der Waals surface area contributed by atoms with Gasteiger partial charge in [-0.25, -0.2) is 8.78 Å². The minimum absolute atomic E-state index is 0.00941.